The molecule has 0 unspecified atom stereocenters. The summed E-state index contributed by atoms with van der Waals surface area (Å²) in [5.74, 6) is 1.80. The van der Waals surface area contributed by atoms with E-state index >= 15 is 0 Å². The first-order valence-electron chi connectivity index (χ1n) is 6.16. The van der Waals surface area contributed by atoms with Crippen LogP contribution in [0.4, 0.5) is 5.69 Å². The van der Waals surface area contributed by atoms with Gasteiger partial charge in [-0.3, -0.25) is 0 Å². The highest BCUT2D eigenvalue weighted by Crippen LogP contribution is 2.23. The van der Waals surface area contributed by atoms with Crippen LogP contribution in [-0.2, 0) is 26.6 Å². The minimum atomic E-state index is -0.00417. The number of halogens is 1. The Morgan fingerprint density at radius 3 is 2.68 bits per heavy atom. The maximum atomic E-state index is 9.12. The fourth-order valence-electron chi connectivity index (χ4n) is 1.84. The van der Waals surface area contributed by atoms with Crippen LogP contribution in [0.15, 0.2) is 18.2 Å². The lowest BCUT2D eigenvalue weighted by atomic mass is 10.2. The SMILES string of the molecule is CCc1nnc(CNc2cc(CO)ccc2Cl)n1C. The lowest BCUT2D eigenvalue weighted by molar-refractivity contribution is 0.282. The molecule has 0 aliphatic carbocycles. The van der Waals surface area contributed by atoms with Gasteiger partial charge < -0.3 is 15.0 Å². The van der Waals surface area contributed by atoms with Gasteiger partial charge in [0.05, 0.1) is 23.9 Å². The van der Waals surface area contributed by atoms with Crippen LogP contribution in [0.25, 0.3) is 0 Å². The number of nitrogens with zero attached hydrogens (tertiary/aromatic N) is 3. The second-order valence-corrected chi connectivity index (χ2v) is 4.68. The molecule has 0 bridgehead atoms. The third kappa shape index (κ3) is 3.05. The van der Waals surface area contributed by atoms with Gasteiger partial charge in [0.25, 0.3) is 0 Å². The number of aliphatic hydroxyl groups is 1. The zero-order chi connectivity index (χ0) is 13.8. The van der Waals surface area contributed by atoms with Crippen LogP contribution in [-0.4, -0.2) is 19.9 Å². The third-order valence-electron chi connectivity index (χ3n) is 3.02. The minimum Gasteiger partial charge on any atom is -0.392 e. The van der Waals surface area contributed by atoms with E-state index in [1.165, 1.54) is 0 Å². The molecule has 1 aromatic heterocycles. The molecule has 0 radical (unpaired) electrons. The van der Waals surface area contributed by atoms with E-state index in [0.29, 0.717) is 11.6 Å². The number of anilines is 1. The summed E-state index contributed by atoms with van der Waals surface area (Å²) in [6.07, 6.45) is 0.851. The summed E-state index contributed by atoms with van der Waals surface area (Å²) >= 11 is 6.10. The van der Waals surface area contributed by atoms with Gasteiger partial charge in [0.2, 0.25) is 0 Å². The van der Waals surface area contributed by atoms with E-state index in [0.717, 1.165) is 29.3 Å². The maximum absolute atomic E-state index is 9.12. The van der Waals surface area contributed by atoms with E-state index in [1.807, 2.05) is 24.6 Å². The molecule has 1 aromatic carbocycles. The van der Waals surface area contributed by atoms with E-state index in [9.17, 15) is 0 Å². The summed E-state index contributed by atoms with van der Waals surface area (Å²) in [5.41, 5.74) is 1.60. The highest BCUT2D eigenvalue weighted by Gasteiger charge is 2.08. The van der Waals surface area contributed by atoms with Crippen molar-refractivity contribution >= 4 is 17.3 Å². The molecule has 0 aliphatic rings. The molecule has 0 saturated heterocycles. The summed E-state index contributed by atoms with van der Waals surface area (Å²) in [4.78, 5) is 0. The molecule has 0 aliphatic heterocycles. The van der Waals surface area contributed by atoms with Crippen molar-refractivity contribution in [2.45, 2.75) is 26.5 Å². The first-order chi connectivity index (χ1) is 9.15. The second kappa shape index (κ2) is 6.04. The van der Waals surface area contributed by atoms with Crippen LogP contribution in [0.2, 0.25) is 5.02 Å². The number of rotatable bonds is 5. The summed E-state index contributed by atoms with van der Waals surface area (Å²) in [7, 11) is 1.95. The predicted molar refractivity (Wildman–Crippen MR) is 75.1 cm³/mol. The number of nitrogens with one attached hydrogen (secondary N) is 1. The Morgan fingerprint density at radius 1 is 1.32 bits per heavy atom. The number of aromatic nitrogens is 3. The molecule has 0 fully saturated rings. The molecule has 0 amide bonds. The summed E-state index contributed by atoms with van der Waals surface area (Å²) in [6, 6.07) is 5.40. The van der Waals surface area contributed by atoms with E-state index in [1.54, 1.807) is 12.1 Å². The second-order valence-electron chi connectivity index (χ2n) is 4.27. The lowest BCUT2D eigenvalue weighted by Gasteiger charge is -2.09. The van der Waals surface area contributed by atoms with Crippen LogP contribution < -0.4 is 5.32 Å². The summed E-state index contributed by atoms with van der Waals surface area (Å²) in [6.45, 7) is 2.58. The Morgan fingerprint density at radius 2 is 2.05 bits per heavy atom. The van der Waals surface area contributed by atoms with E-state index in [4.69, 9.17) is 16.7 Å². The van der Waals surface area contributed by atoms with Gasteiger partial charge in [0.15, 0.2) is 5.82 Å². The molecule has 2 N–H and O–H groups in total. The number of aryl methyl sites for hydroxylation is 1. The van der Waals surface area contributed by atoms with Crippen LogP contribution in [0.1, 0.15) is 24.1 Å². The van der Waals surface area contributed by atoms with Crippen LogP contribution in [0.3, 0.4) is 0 Å². The highest BCUT2D eigenvalue weighted by molar-refractivity contribution is 6.33. The van der Waals surface area contributed by atoms with Gasteiger partial charge in [0, 0.05) is 13.5 Å². The standard InChI is InChI=1S/C13H17ClN4O/c1-3-12-16-17-13(18(12)2)7-15-11-6-9(8-19)4-5-10(11)14/h4-6,15,19H,3,7-8H2,1-2H3. The Bertz CT molecular complexity index is 568. The number of hydrogen-bond acceptors (Lipinski definition) is 4. The summed E-state index contributed by atoms with van der Waals surface area (Å²) < 4.78 is 1.97. The van der Waals surface area contributed by atoms with Gasteiger partial charge in [-0.2, -0.15) is 0 Å². The number of hydrogen-bond donors (Lipinski definition) is 2. The van der Waals surface area contributed by atoms with E-state index in [-0.39, 0.29) is 6.61 Å². The fourth-order valence-corrected chi connectivity index (χ4v) is 2.03. The average molecular weight is 281 g/mol. The maximum Gasteiger partial charge on any atom is 0.152 e. The van der Waals surface area contributed by atoms with Crippen molar-refractivity contribution in [3.05, 3.63) is 40.4 Å². The van der Waals surface area contributed by atoms with Crippen molar-refractivity contribution in [1.29, 1.82) is 0 Å². The minimum absolute atomic E-state index is 0.00417. The van der Waals surface area contributed by atoms with Gasteiger partial charge in [-0.1, -0.05) is 24.6 Å². The van der Waals surface area contributed by atoms with Gasteiger partial charge in [-0.05, 0) is 17.7 Å². The lowest BCUT2D eigenvalue weighted by Crippen LogP contribution is -2.08. The zero-order valence-electron chi connectivity index (χ0n) is 11.0. The molecule has 6 heteroatoms. The zero-order valence-corrected chi connectivity index (χ0v) is 11.8. The van der Waals surface area contributed by atoms with E-state index in [2.05, 4.69) is 15.5 Å². The molecule has 5 nitrogen and oxygen atoms in total. The molecular formula is C13H17ClN4O. The van der Waals surface area contributed by atoms with Crippen molar-refractivity contribution in [2.24, 2.45) is 7.05 Å². The van der Waals surface area contributed by atoms with Crippen LogP contribution in [0.5, 0.6) is 0 Å². The van der Waals surface area contributed by atoms with Crippen LogP contribution in [0, 0.1) is 0 Å². The molecule has 0 saturated carbocycles. The third-order valence-corrected chi connectivity index (χ3v) is 3.35. The molecule has 19 heavy (non-hydrogen) atoms. The number of aliphatic hydroxyl groups excluding tert-OH is 1. The fraction of sp³-hybridized carbons (Fsp3) is 0.385. The van der Waals surface area contributed by atoms with Gasteiger partial charge in [-0.25, -0.2) is 0 Å². The molecule has 0 atom stereocenters. The first kappa shape index (κ1) is 13.8. The quantitative estimate of drug-likeness (QED) is 0.881. The van der Waals surface area contributed by atoms with E-state index < -0.39 is 0 Å². The van der Waals surface area contributed by atoms with Gasteiger partial charge >= 0.3 is 0 Å². The average Bonchev–Trinajstić information content (AvgIpc) is 2.78. The Kier molecular flexibility index (Phi) is 4.39. The smallest absolute Gasteiger partial charge is 0.152 e. The normalized spacial score (nSPS) is 10.7. The predicted octanol–water partition coefficient (Wildman–Crippen LogP) is 2.14. The first-order valence-corrected chi connectivity index (χ1v) is 6.53. The monoisotopic (exact) mass is 280 g/mol. The molecular weight excluding hydrogens is 264 g/mol. The van der Waals surface area contributed by atoms with Crippen molar-refractivity contribution in [2.75, 3.05) is 5.32 Å². The van der Waals surface area contributed by atoms with Crippen LogP contribution >= 0.6 is 11.6 Å². The van der Waals surface area contributed by atoms with Crippen molar-refractivity contribution in [3.63, 3.8) is 0 Å². The molecule has 1 heterocycles. The Hall–Kier alpha value is -1.59. The molecule has 0 spiro atoms. The topological polar surface area (TPSA) is 63.0 Å². The highest BCUT2D eigenvalue weighted by atomic mass is 35.5. The van der Waals surface area contributed by atoms with Crippen molar-refractivity contribution < 1.29 is 5.11 Å². The number of benzene rings is 1. The molecule has 2 aromatic rings. The Labute approximate surface area is 117 Å². The van der Waals surface area contributed by atoms with Gasteiger partial charge in [-0.15, -0.1) is 10.2 Å². The Balaban J connectivity index is 2.11. The molecule has 102 valence electrons. The van der Waals surface area contributed by atoms with Crippen molar-refractivity contribution in [1.82, 2.24) is 14.8 Å². The van der Waals surface area contributed by atoms with Gasteiger partial charge in [0.1, 0.15) is 5.82 Å². The molecule has 2 rings (SSSR count). The largest absolute Gasteiger partial charge is 0.392 e. The summed E-state index contributed by atoms with van der Waals surface area (Å²) in [5, 5.41) is 21.2. The van der Waals surface area contributed by atoms with Crippen molar-refractivity contribution in [3.8, 4) is 0 Å².